The maximum Gasteiger partial charge on any atom is 0.522 e. The molecule has 11 nitrogen and oxygen atoms in total. The van der Waals surface area contributed by atoms with Crippen LogP contribution in [0.4, 0.5) is 19.0 Å². The van der Waals surface area contributed by atoms with Crippen LogP contribution in [-0.4, -0.2) is 57.1 Å². The van der Waals surface area contributed by atoms with Gasteiger partial charge in [-0.05, 0) is 24.3 Å². The number of alkyl halides is 3. The molecule has 214 valence electrons. The van der Waals surface area contributed by atoms with Crippen LogP contribution in [0.5, 0.6) is 0 Å². The highest BCUT2D eigenvalue weighted by atomic mass is 79.9. The number of cyclic esters (lactones) is 1. The summed E-state index contributed by atoms with van der Waals surface area (Å²) in [5.41, 5.74) is -3.89. The summed E-state index contributed by atoms with van der Waals surface area (Å²) in [5, 5.41) is 11.7. The second-order valence-corrected chi connectivity index (χ2v) is 10.4. The number of carbonyl (C=O) groups is 1. The Bertz CT molecular complexity index is 1480. The maximum absolute atomic E-state index is 11.8. The van der Waals surface area contributed by atoms with E-state index < -0.39 is 15.6 Å². The Morgan fingerprint density at radius 2 is 1.79 bits per heavy atom. The Kier molecular flexibility index (Phi) is 13.2. The predicted octanol–water partition coefficient (Wildman–Crippen LogP) is 4.11. The van der Waals surface area contributed by atoms with Crippen LogP contribution in [0.25, 0.3) is 5.65 Å². The van der Waals surface area contributed by atoms with Crippen molar-refractivity contribution in [1.82, 2.24) is 14.4 Å². The van der Waals surface area contributed by atoms with E-state index in [1.54, 1.807) is 30.7 Å². The first-order chi connectivity index (χ1) is 17.7. The molecular weight excluding hydrogens is 681 g/mol. The van der Waals surface area contributed by atoms with Gasteiger partial charge in [-0.15, -0.1) is 0 Å². The van der Waals surface area contributed by atoms with E-state index in [9.17, 15) is 22.8 Å². The van der Waals surface area contributed by atoms with Gasteiger partial charge in [-0.3, -0.25) is 13.7 Å². The van der Waals surface area contributed by atoms with Crippen molar-refractivity contribution in [2.24, 2.45) is 0 Å². The molecule has 17 heteroatoms. The van der Waals surface area contributed by atoms with Crippen molar-refractivity contribution in [3.8, 4) is 0 Å². The number of fused-ring (bicyclic) bond motifs is 1. The number of halogens is 5. The Labute approximate surface area is 237 Å². The maximum atomic E-state index is 11.8. The molecular formula is C22H23Br2F3N4O7S. The van der Waals surface area contributed by atoms with Crippen LogP contribution in [0, 0.1) is 0 Å². The van der Waals surface area contributed by atoms with Crippen molar-refractivity contribution >= 4 is 59.4 Å². The Balaban J connectivity index is 0.000000304. The quantitative estimate of drug-likeness (QED) is 0.156. The molecule has 0 saturated carbocycles. The third-order valence-corrected chi connectivity index (χ3v) is 5.97. The number of ether oxygens (including phenoxy) is 1. The molecule has 1 saturated heterocycles. The lowest BCUT2D eigenvalue weighted by Gasteiger charge is -2.02. The number of esters is 1. The number of aliphatic hydroxyl groups excluding tert-OH is 1. The van der Waals surface area contributed by atoms with E-state index in [1.165, 1.54) is 10.6 Å². The van der Waals surface area contributed by atoms with Gasteiger partial charge in [0.1, 0.15) is 11.5 Å². The van der Waals surface area contributed by atoms with E-state index in [0.29, 0.717) is 42.1 Å². The molecule has 0 amide bonds. The van der Waals surface area contributed by atoms with Crippen molar-refractivity contribution in [2.45, 2.75) is 25.8 Å². The van der Waals surface area contributed by atoms with Gasteiger partial charge in [-0.25, -0.2) is 14.8 Å². The van der Waals surface area contributed by atoms with Gasteiger partial charge in [0.05, 0.1) is 12.2 Å². The molecule has 1 aliphatic rings. The number of nitrogens with zero attached hydrogens (tertiary/aromatic N) is 3. The minimum atomic E-state index is -5.84. The smallest absolute Gasteiger partial charge is 0.462 e. The standard InChI is InChI=1S/2C10H9BrN2O2.CHF3O3S.CH4/c11-8-1-3-13-9(5-8)12-6-7(2-4-14)10(13)15;11-8-1-3-12-9(5-8)13-6-7-2-4-15-10(7)14;2-1(3,4)8(5,6)7;/h1,3,5-6,14H,2,4H2;1,3,5-6H,2,4H2,(H,12,13);(H,5,6,7);1H4/b;7-6+;;. The normalized spacial score (nSPS) is 13.9. The molecule has 0 bridgehead atoms. The first-order valence-electron chi connectivity index (χ1n) is 10.3. The molecule has 0 unspecified atom stereocenters. The monoisotopic (exact) mass is 702 g/mol. The van der Waals surface area contributed by atoms with E-state index in [1.807, 2.05) is 12.1 Å². The summed E-state index contributed by atoms with van der Waals surface area (Å²) in [5.74, 6) is 0.439. The van der Waals surface area contributed by atoms with Gasteiger partial charge in [0.2, 0.25) is 0 Å². The van der Waals surface area contributed by atoms with Gasteiger partial charge in [-0.1, -0.05) is 39.3 Å². The fourth-order valence-corrected chi connectivity index (χ4v) is 3.26. The Morgan fingerprint density at radius 3 is 2.33 bits per heavy atom. The van der Waals surface area contributed by atoms with Gasteiger partial charge in [0.25, 0.3) is 5.56 Å². The minimum absolute atomic E-state index is 0. The number of rotatable bonds is 4. The lowest BCUT2D eigenvalue weighted by atomic mass is 10.2. The van der Waals surface area contributed by atoms with Crippen LogP contribution in [-0.2, 0) is 26.1 Å². The molecule has 0 aliphatic carbocycles. The zero-order chi connectivity index (χ0) is 28.5. The highest BCUT2D eigenvalue weighted by Gasteiger charge is 2.44. The van der Waals surface area contributed by atoms with E-state index in [2.05, 4.69) is 47.1 Å². The number of anilines is 1. The molecule has 3 aromatic rings. The summed E-state index contributed by atoms with van der Waals surface area (Å²) in [6, 6.07) is 7.21. The number of carbonyl (C=O) groups excluding carboxylic acids is 1. The fraction of sp³-hybridized carbons (Fsp3) is 0.273. The van der Waals surface area contributed by atoms with Crippen LogP contribution >= 0.6 is 31.9 Å². The predicted molar refractivity (Wildman–Crippen MR) is 144 cm³/mol. The van der Waals surface area contributed by atoms with Crippen molar-refractivity contribution in [2.75, 3.05) is 18.5 Å². The largest absolute Gasteiger partial charge is 0.522 e. The lowest BCUT2D eigenvalue weighted by molar-refractivity contribution is -0.135. The molecule has 0 aromatic carbocycles. The number of pyridine rings is 2. The summed E-state index contributed by atoms with van der Waals surface area (Å²) in [6.07, 6.45) is 7.49. The summed E-state index contributed by atoms with van der Waals surface area (Å²) in [7, 11) is -5.84. The first-order valence-corrected chi connectivity index (χ1v) is 13.3. The number of hydrogen-bond donors (Lipinski definition) is 3. The van der Waals surface area contributed by atoms with E-state index in [0.717, 1.165) is 8.95 Å². The zero-order valence-electron chi connectivity index (χ0n) is 19.0. The summed E-state index contributed by atoms with van der Waals surface area (Å²) >= 11 is 6.65. The topological polar surface area (TPSA) is 160 Å². The van der Waals surface area contributed by atoms with Gasteiger partial charge in [0, 0.05) is 58.7 Å². The van der Waals surface area contributed by atoms with Crippen molar-refractivity contribution in [3.05, 3.63) is 79.5 Å². The molecule has 1 aliphatic heterocycles. The minimum Gasteiger partial charge on any atom is -0.462 e. The highest BCUT2D eigenvalue weighted by Crippen LogP contribution is 2.20. The second kappa shape index (κ2) is 15.1. The van der Waals surface area contributed by atoms with Crippen LogP contribution in [0.3, 0.4) is 0 Å². The second-order valence-electron chi connectivity index (χ2n) is 7.12. The summed E-state index contributed by atoms with van der Waals surface area (Å²) in [6.45, 7) is 0.428. The molecule has 4 heterocycles. The molecule has 0 radical (unpaired) electrons. The number of hydrogen-bond acceptors (Lipinski definition) is 9. The van der Waals surface area contributed by atoms with E-state index in [4.69, 9.17) is 22.8 Å². The lowest BCUT2D eigenvalue weighted by Crippen LogP contribution is -2.21. The molecule has 4 rings (SSSR count). The number of aromatic nitrogens is 3. The molecule has 1 fully saturated rings. The average molecular weight is 704 g/mol. The molecule has 3 aromatic heterocycles. The van der Waals surface area contributed by atoms with Gasteiger partial charge in [-0.2, -0.15) is 21.6 Å². The third kappa shape index (κ3) is 10.7. The SMILES string of the molecule is C.O=C1OCC/C1=C\Nc1cc(Br)ccn1.O=S(=O)(O)C(F)(F)F.O=c1c(CCO)cnc2cc(Br)ccn12. The highest BCUT2D eigenvalue weighted by molar-refractivity contribution is 9.10. The van der Waals surface area contributed by atoms with Crippen LogP contribution < -0.4 is 10.9 Å². The molecule has 0 spiro atoms. The first kappa shape index (κ1) is 34.2. The number of aliphatic hydroxyl groups is 1. The Morgan fingerprint density at radius 1 is 1.15 bits per heavy atom. The van der Waals surface area contributed by atoms with E-state index >= 15 is 0 Å². The fourth-order valence-electron chi connectivity index (χ4n) is 2.60. The van der Waals surface area contributed by atoms with Gasteiger partial charge >= 0.3 is 21.6 Å². The van der Waals surface area contributed by atoms with Gasteiger partial charge in [0.15, 0.2) is 0 Å². The average Bonchev–Trinajstić information content (AvgIpc) is 3.24. The molecule has 0 atom stereocenters. The van der Waals surface area contributed by atoms with Crippen molar-refractivity contribution < 1.29 is 40.8 Å². The molecule has 3 N–H and O–H groups in total. The van der Waals surface area contributed by atoms with Crippen LogP contribution in [0.15, 0.2) is 68.4 Å². The van der Waals surface area contributed by atoms with Crippen molar-refractivity contribution in [1.29, 1.82) is 0 Å². The number of nitrogens with one attached hydrogen (secondary N) is 1. The van der Waals surface area contributed by atoms with Crippen molar-refractivity contribution in [3.63, 3.8) is 0 Å². The van der Waals surface area contributed by atoms with Crippen LogP contribution in [0.2, 0.25) is 0 Å². The third-order valence-electron chi connectivity index (χ3n) is 4.40. The summed E-state index contributed by atoms with van der Waals surface area (Å²) < 4.78 is 65.6. The van der Waals surface area contributed by atoms with Crippen LogP contribution in [0.1, 0.15) is 19.4 Å². The summed E-state index contributed by atoms with van der Waals surface area (Å²) in [4.78, 5) is 31.2. The Hall–Kier alpha value is -2.86. The zero-order valence-corrected chi connectivity index (χ0v) is 23.0. The van der Waals surface area contributed by atoms with E-state index in [-0.39, 0.29) is 25.6 Å². The molecule has 39 heavy (non-hydrogen) atoms. The van der Waals surface area contributed by atoms with Gasteiger partial charge < -0.3 is 15.2 Å².